The number of hydrogen-bond donors (Lipinski definition) is 1. The first-order valence-electron chi connectivity index (χ1n) is 7.89. The van der Waals surface area contributed by atoms with Crippen molar-refractivity contribution in [3.8, 4) is 0 Å². The highest BCUT2D eigenvalue weighted by molar-refractivity contribution is 6.04. The number of nitrogens with one attached hydrogen (secondary N) is 1. The molecule has 0 aromatic heterocycles. The van der Waals surface area contributed by atoms with Crippen molar-refractivity contribution >= 4 is 11.5 Å². The molecule has 1 N–H and O–H groups in total. The number of benzene rings is 1. The van der Waals surface area contributed by atoms with Crippen molar-refractivity contribution in [1.82, 2.24) is 5.32 Å². The van der Waals surface area contributed by atoms with E-state index in [1.807, 2.05) is 0 Å². The molecule has 0 unspecified atom stereocenters. The molecule has 3 nitrogen and oxygen atoms in total. The van der Waals surface area contributed by atoms with Crippen LogP contribution in [0.5, 0.6) is 0 Å². The molecular weight excluding hydrogens is 260 g/mol. The Morgan fingerprint density at radius 1 is 1.29 bits per heavy atom. The summed E-state index contributed by atoms with van der Waals surface area (Å²) in [6, 6.07) is 8.91. The smallest absolute Gasteiger partial charge is 0.139 e. The van der Waals surface area contributed by atoms with Gasteiger partial charge in [0.25, 0.3) is 0 Å². The van der Waals surface area contributed by atoms with Crippen molar-refractivity contribution in [2.45, 2.75) is 45.6 Å². The lowest BCUT2D eigenvalue weighted by Gasteiger charge is -2.30. The molecule has 1 fully saturated rings. The van der Waals surface area contributed by atoms with Gasteiger partial charge >= 0.3 is 0 Å². The molecule has 1 aliphatic heterocycles. The van der Waals surface area contributed by atoms with Crippen molar-refractivity contribution in [2.75, 3.05) is 13.1 Å². The molecule has 3 heteroatoms. The van der Waals surface area contributed by atoms with Gasteiger partial charge in [0.2, 0.25) is 0 Å². The maximum absolute atomic E-state index is 11.8. The summed E-state index contributed by atoms with van der Waals surface area (Å²) in [6.07, 6.45) is 3.29. The average Bonchev–Trinajstić information content (AvgIpc) is 2.43. The van der Waals surface area contributed by atoms with Gasteiger partial charge in [0, 0.05) is 18.6 Å². The maximum Gasteiger partial charge on any atom is 0.139 e. The number of fused-ring (bicyclic) bond motifs is 1. The summed E-state index contributed by atoms with van der Waals surface area (Å²) >= 11 is 0. The van der Waals surface area contributed by atoms with Crippen molar-refractivity contribution in [3.05, 3.63) is 35.4 Å². The third-order valence-electron chi connectivity index (χ3n) is 4.47. The van der Waals surface area contributed by atoms with Crippen LogP contribution in [0.4, 0.5) is 0 Å². The number of hydrogen-bond acceptors (Lipinski definition) is 3. The highest BCUT2D eigenvalue weighted by Gasteiger charge is 2.30. The third kappa shape index (κ3) is 3.41. The maximum atomic E-state index is 11.8. The minimum Gasteiger partial charge on any atom is -0.308 e. The van der Waals surface area contributed by atoms with Crippen LogP contribution in [0.2, 0.25) is 0 Å². The molecule has 1 saturated carbocycles. The Bertz CT molecular complexity index is 574. The zero-order valence-corrected chi connectivity index (χ0v) is 13.0. The molecule has 1 atom stereocenters. The second-order valence-corrected chi connectivity index (χ2v) is 7.10. The molecule has 0 bridgehead atoms. The van der Waals surface area contributed by atoms with Crippen molar-refractivity contribution in [3.63, 3.8) is 0 Å². The fourth-order valence-electron chi connectivity index (χ4n) is 3.59. The van der Waals surface area contributed by atoms with E-state index in [1.54, 1.807) is 0 Å². The Hall–Kier alpha value is -1.48. The van der Waals surface area contributed by atoms with E-state index in [4.69, 9.17) is 4.99 Å². The Labute approximate surface area is 126 Å². The largest absolute Gasteiger partial charge is 0.308 e. The Balaban J connectivity index is 1.73. The second kappa shape index (κ2) is 5.72. The SMILES string of the molecule is CC1(C)CC(=O)CC(=NC[C@H]2NCCc3ccccc32)C1. The minimum atomic E-state index is 0.0755. The molecular formula is C18H24N2O. The Kier molecular flexibility index (Phi) is 3.94. The van der Waals surface area contributed by atoms with Gasteiger partial charge in [-0.15, -0.1) is 0 Å². The van der Waals surface area contributed by atoms with Gasteiger partial charge in [0.1, 0.15) is 5.78 Å². The topological polar surface area (TPSA) is 41.5 Å². The molecule has 0 spiro atoms. The van der Waals surface area contributed by atoms with E-state index in [0.717, 1.165) is 31.6 Å². The first-order chi connectivity index (χ1) is 10.0. The van der Waals surface area contributed by atoms with Crippen LogP contribution >= 0.6 is 0 Å². The quantitative estimate of drug-likeness (QED) is 0.906. The predicted octanol–water partition coefficient (Wildman–Crippen LogP) is 3.09. The summed E-state index contributed by atoms with van der Waals surface area (Å²) in [5.74, 6) is 0.335. The molecule has 1 heterocycles. The van der Waals surface area contributed by atoms with Crippen LogP contribution in [0.3, 0.4) is 0 Å². The Morgan fingerprint density at radius 2 is 2.10 bits per heavy atom. The number of rotatable bonds is 2. The van der Waals surface area contributed by atoms with Crippen LogP contribution in [0.25, 0.3) is 0 Å². The zero-order valence-electron chi connectivity index (χ0n) is 13.0. The van der Waals surface area contributed by atoms with E-state index in [2.05, 4.69) is 43.4 Å². The lowest BCUT2D eigenvalue weighted by Crippen LogP contribution is -2.33. The van der Waals surface area contributed by atoms with Crippen LogP contribution in [0.15, 0.2) is 29.3 Å². The molecule has 21 heavy (non-hydrogen) atoms. The van der Waals surface area contributed by atoms with Crippen molar-refractivity contribution in [1.29, 1.82) is 0 Å². The molecule has 0 amide bonds. The number of ketones is 1. The Morgan fingerprint density at radius 3 is 2.90 bits per heavy atom. The van der Waals surface area contributed by atoms with E-state index >= 15 is 0 Å². The summed E-state index contributed by atoms with van der Waals surface area (Å²) in [5, 5.41) is 3.55. The number of nitrogens with zero attached hydrogens (tertiary/aromatic N) is 1. The third-order valence-corrected chi connectivity index (χ3v) is 4.47. The van der Waals surface area contributed by atoms with Crippen LogP contribution in [-0.4, -0.2) is 24.6 Å². The molecule has 2 aliphatic rings. The molecule has 3 rings (SSSR count). The lowest BCUT2D eigenvalue weighted by atomic mass is 9.76. The molecule has 0 saturated heterocycles. The number of aliphatic imine (C=N–C) groups is 1. The highest BCUT2D eigenvalue weighted by Crippen LogP contribution is 2.32. The zero-order chi connectivity index (χ0) is 14.9. The monoisotopic (exact) mass is 284 g/mol. The fourth-order valence-corrected chi connectivity index (χ4v) is 3.59. The van der Waals surface area contributed by atoms with Crippen LogP contribution in [0, 0.1) is 5.41 Å². The summed E-state index contributed by atoms with van der Waals surface area (Å²) in [6.45, 7) is 6.08. The van der Waals surface area contributed by atoms with E-state index < -0.39 is 0 Å². The van der Waals surface area contributed by atoms with Gasteiger partial charge in [-0.1, -0.05) is 38.1 Å². The van der Waals surface area contributed by atoms with E-state index in [1.165, 1.54) is 11.1 Å². The van der Waals surface area contributed by atoms with Crippen LogP contribution in [-0.2, 0) is 11.2 Å². The van der Waals surface area contributed by atoms with E-state index in [-0.39, 0.29) is 5.41 Å². The predicted molar refractivity (Wildman–Crippen MR) is 85.8 cm³/mol. The number of carbonyl (C=O) groups excluding carboxylic acids is 1. The van der Waals surface area contributed by atoms with Gasteiger partial charge in [0.05, 0.1) is 12.6 Å². The summed E-state index contributed by atoms with van der Waals surface area (Å²) in [5.41, 5.74) is 3.96. The molecule has 1 aromatic rings. The summed E-state index contributed by atoms with van der Waals surface area (Å²) < 4.78 is 0. The number of carbonyl (C=O) groups is 1. The molecule has 112 valence electrons. The summed E-state index contributed by atoms with van der Waals surface area (Å²) in [4.78, 5) is 16.6. The van der Waals surface area contributed by atoms with Gasteiger partial charge in [0.15, 0.2) is 0 Å². The van der Waals surface area contributed by atoms with E-state index in [9.17, 15) is 4.79 Å². The minimum absolute atomic E-state index is 0.0755. The van der Waals surface area contributed by atoms with Gasteiger partial charge in [-0.3, -0.25) is 9.79 Å². The fraction of sp³-hybridized carbons (Fsp3) is 0.556. The van der Waals surface area contributed by atoms with Crippen LogP contribution in [0.1, 0.15) is 50.3 Å². The van der Waals surface area contributed by atoms with Crippen molar-refractivity contribution in [2.24, 2.45) is 10.4 Å². The lowest BCUT2D eigenvalue weighted by molar-refractivity contribution is -0.120. The van der Waals surface area contributed by atoms with Gasteiger partial charge < -0.3 is 5.32 Å². The summed E-state index contributed by atoms with van der Waals surface area (Å²) in [7, 11) is 0. The first-order valence-corrected chi connectivity index (χ1v) is 7.89. The van der Waals surface area contributed by atoms with Gasteiger partial charge in [-0.2, -0.15) is 0 Å². The first kappa shape index (κ1) is 14.5. The normalized spacial score (nSPS) is 26.7. The standard InChI is InChI=1S/C18H24N2O/c1-18(2)10-14(9-15(21)11-18)20-12-17-16-6-4-3-5-13(16)7-8-19-17/h3-6,17,19H,7-12H2,1-2H3/t17-/m1/s1. The van der Waals surface area contributed by atoms with Crippen molar-refractivity contribution < 1.29 is 4.79 Å². The van der Waals surface area contributed by atoms with Gasteiger partial charge in [-0.25, -0.2) is 0 Å². The van der Waals surface area contributed by atoms with Gasteiger partial charge in [-0.05, 0) is 35.9 Å². The van der Waals surface area contributed by atoms with Crippen LogP contribution < -0.4 is 5.32 Å². The molecule has 0 radical (unpaired) electrons. The number of Topliss-reactive ketones (excluding diaryl/α,β-unsaturated/α-hetero) is 1. The highest BCUT2D eigenvalue weighted by atomic mass is 16.1. The average molecular weight is 284 g/mol. The second-order valence-electron chi connectivity index (χ2n) is 7.10. The molecule has 1 aromatic carbocycles. The van der Waals surface area contributed by atoms with E-state index in [0.29, 0.717) is 24.7 Å². The molecule has 1 aliphatic carbocycles.